The van der Waals surface area contributed by atoms with Crippen LogP contribution in [0.25, 0.3) is 0 Å². The van der Waals surface area contributed by atoms with Crippen LogP contribution in [-0.2, 0) is 9.53 Å². The summed E-state index contributed by atoms with van der Waals surface area (Å²) in [4.78, 5) is 14.3. The first-order valence-electron chi connectivity index (χ1n) is 6.51. The minimum atomic E-state index is -0.547. The molecule has 1 aliphatic heterocycles. The highest BCUT2D eigenvalue weighted by molar-refractivity contribution is 7.80. The Labute approximate surface area is 123 Å². The van der Waals surface area contributed by atoms with Crippen LogP contribution in [0, 0.1) is 0 Å². The predicted molar refractivity (Wildman–Crippen MR) is 79.8 cm³/mol. The summed E-state index contributed by atoms with van der Waals surface area (Å²) in [7, 11) is 0. The van der Waals surface area contributed by atoms with E-state index in [0.29, 0.717) is 37.0 Å². The smallest absolute Gasteiger partial charge is 0.263 e. The Balaban J connectivity index is 1.99. The molecule has 0 spiro atoms. The van der Waals surface area contributed by atoms with Crippen molar-refractivity contribution in [3.8, 4) is 5.75 Å². The highest BCUT2D eigenvalue weighted by Crippen LogP contribution is 2.16. The lowest BCUT2D eigenvalue weighted by Crippen LogP contribution is -2.46. The molecule has 1 amide bonds. The molecular weight excluding hydrogens is 276 g/mol. The van der Waals surface area contributed by atoms with Crippen molar-refractivity contribution < 1.29 is 14.3 Å². The third-order valence-electron chi connectivity index (χ3n) is 3.10. The summed E-state index contributed by atoms with van der Waals surface area (Å²) in [6.07, 6.45) is -0.547. The minimum absolute atomic E-state index is 0.0333. The van der Waals surface area contributed by atoms with Gasteiger partial charge in [0.1, 0.15) is 10.7 Å². The Morgan fingerprint density at radius 1 is 1.45 bits per heavy atom. The van der Waals surface area contributed by atoms with Gasteiger partial charge in [-0.05, 0) is 19.1 Å². The molecule has 2 N–H and O–H groups in total. The monoisotopic (exact) mass is 294 g/mol. The third-order valence-corrected chi connectivity index (χ3v) is 3.34. The maximum atomic E-state index is 12.2. The normalized spacial score (nSPS) is 16.6. The molecule has 108 valence electrons. The molecule has 1 saturated heterocycles. The lowest BCUT2D eigenvalue weighted by atomic mass is 10.2. The van der Waals surface area contributed by atoms with Crippen LogP contribution >= 0.6 is 12.2 Å². The Morgan fingerprint density at radius 2 is 2.15 bits per heavy atom. The number of hydrogen-bond donors (Lipinski definition) is 1. The summed E-state index contributed by atoms with van der Waals surface area (Å²) >= 11 is 4.92. The van der Waals surface area contributed by atoms with E-state index in [4.69, 9.17) is 27.4 Å². The Kier molecular flexibility index (Phi) is 4.92. The highest BCUT2D eigenvalue weighted by atomic mass is 32.1. The summed E-state index contributed by atoms with van der Waals surface area (Å²) in [6, 6.07) is 7.13. The molecule has 6 heteroatoms. The van der Waals surface area contributed by atoms with E-state index in [1.165, 1.54) is 0 Å². The average Bonchev–Trinajstić information content (AvgIpc) is 2.47. The quantitative estimate of drug-likeness (QED) is 0.838. The molecule has 5 nitrogen and oxygen atoms in total. The van der Waals surface area contributed by atoms with E-state index in [0.717, 1.165) is 5.56 Å². The number of rotatable bonds is 4. The molecule has 0 bridgehead atoms. The number of morpholine rings is 1. The maximum Gasteiger partial charge on any atom is 0.263 e. The van der Waals surface area contributed by atoms with Crippen molar-refractivity contribution in [2.45, 2.75) is 13.0 Å². The topological polar surface area (TPSA) is 64.8 Å². The van der Waals surface area contributed by atoms with E-state index in [1.807, 2.05) is 6.07 Å². The van der Waals surface area contributed by atoms with Crippen molar-refractivity contribution in [2.75, 3.05) is 26.3 Å². The minimum Gasteiger partial charge on any atom is -0.481 e. The van der Waals surface area contributed by atoms with Crippen LogP contribution in [0.4, 0.5) is 0 Å². The predicted octanol–water partition coefficient (Wildman–Crippen LogP) is 0.947. The van der Waals surface area contributed by atoms with E-state index in [-0.39, 0.29) is 5.91 Å². The Bertz CT molecular complexity index is 501. The largest absolute Gasteiger partial charge is 0.481 e. The third kappa shape index (κ3) is 3.68. The van der Waals surface area contributed by atoms with Gasteiger partial charge in [0.2, 0.25) is 0 Å². The molecule has 1 atom stereocenters. The highest BCUT2D eigenvalue weighted by Gasteiger charge is 2.23. The van der Waals surface area contributed by atoms with Crippen LogP contribution in [0.1, 0.15) is 12.5 Å². The molecular formula is C14H18N2O3S. The summed E-state index contributed by atoms with van der Waals surface area (Å²) in [5.74, 6) is 0.554. The van der Waals surface area contributed by atoms with Crippen molar-refractivity contribution in [1.82, 2.24) is 4.90 Å². The van der Waals surface area contributed by atoms with Gasteiger partial charge in [0.25, 0.3) is 5.91 Å². The summed E-state index contributed by atoms with van der Waals surface area (Å²) in [5.41, 5.74) is 6.30. The van der Waals surface area contributed by atoms with Crippen LogP contribution in [0.5, 0.6) is 5.75 Å². The van der Waals surface area contributed by atoms with Gasteiger partial charge >= 0.3 is 0 Å². The van der Waals surface area contributed by atoms with Gasteiger partial charge in [0.05, 0.1) is 13.2 Å². The number of carbonyl (C=O) groups is 1. The number of amides is 1. The first kappa shape index (κ1) is 14.7. The first-order valence-corrected chi connectivity index (χ1v) is 6.92. The van der Waals surface area contributed by atoms with Crippen molar-refractivity contribution in [1.29, 1.82) is 0 Å². The zero-order valence-electron chi connectivity index (χ0n) is 11.4. The van der Waals surface area contributed by atoms with Crippen LogP contribution < -0.4 is 10.5 Å². The SMILES string of the molecule is CC(Oc1cccc(C(N)=S)c1)C(=O)N1CCOCC1. The molecule has 1 fully saturated rings. The van der Waals surface area contributed by atoms with Crippen molar-refractivity contribution in [2.24, 2.45) is 5.73 Å². The molecule has 0 aliphatic carbocycles. The molecule has 0 aromatic heterocycles. The lowest BCUT2D eigenvalue weighted by molar-refractivity contribution is -0.142. The van der Waals surface area contributed by atoms with Crippen LogP contribution in [0.3, 0.4) is 0 Å². The molecule has 1 aliphatic rings. The van der Waals surface area contributed by atoms with E-state index in [2.05, 4.69) is 0 Å². The molecule has 1 aromatic rings. The van der Waals surface area contributed by atoms with Crippen molar-refractivity contribution in [3.05, 3.63) is 29.8 Å². The van der Waals surface area contributed by atoms with Crippen molar-refractivity contribution in [3.63, 3.8) is 0 Å². The molecule has 2 rings (SSSR count). The van der Waals surface area contributed by atoms with Gasteiger partial charge in [-0.3, -0.25) is 4.79 Å². The number of carbonyl (C=O) groups excluding carboxylic acids is 1. The van der Waals surface area contributed by atoms with Crippen LogP contribution in [-0.4, -0.2) is 48.2 Å². The number of benzene rings is 1. The molecule has 1 unspecified atom stereocenters. The fourth-order valence-corrected chi connectivity index (χ4v) is 2.15. The summed E-state index contributed by atoms with van der Waals surface area (Å²) < 4.78 is 10.9. The van der Waals surface area contributed by atoms with E-state index in [9.17, 15) is 4.79 Å². The van der Waals surface area contributed by atoms with Gasteiger partial charge in [0.15, 0.2) is 6.10 Å². The Hall–Kier alpha value is -1.66. The van der Waals surface area contributed by atoms with E-state index < -0.39 is 6.10 Å². The van der Waals surface area contributed by atoms with Crippen molar-refractivity contribution >= 4 is 23.1 Å². The maximum absolute atomic E-state index is 12.2. The summed E-state index contributed by atoms with van der Waals surface area (Å²) in [5, 5.41) is 0. The molecule has 1 heterocycles. The molecule has 0 radical (unpaired) electrons. The second-order valence-electron chi connectivity index (χ2n) is 4.59. The fourth-order valence-electron chi connectivity index (χ4n) is 2.02. The van der Waals surface area contributed by atoms with Crippen LogP contribution in [0.15, 0.2) is 24.3 Å². The second kappa shape index (κ2) is 6.67. The second-order valence-corrected chi connectivity index (χ2v) is 5.03. The van der Waals surface area contributed by atoms with E-state index in [1.54, 1.807) is 30.0 Å². The number of hydrogen-bond acceptors (Lipinski definition) is 4. The van der Waals surface area contributed by atoms with Gasteiger partial charge in [-0.1, -0.05) is 24.4 Å². The fraction of sp³-hybridized carbons (Fsp3) is 0.429. The average molecular weight is 294 g/mol. The van der Waals surface area contributed by atoms with Gasteiger partial charge in [0, 0.05) is 18.7 Å². The van der Waals surface area contributed by atoms with Gasteiger partial charge < -0.3 is 20.1 Å². The molecule has 20 heavy (non-hydrogen) atoms. The number of nitrogens with two attached hydrogens (primary N) is 1. The number of ether oxygens (including phenoxy) is 2. The lowest BCUT2D eigenvalue weighted by Gasteiger charge is -2.29. The van der Waals surface area contributed by atoms with E-state index >= 15 is 0 Å². The first-order chi connectivity index (χ1) is 9.58. The molecule has 1 aromatic carbocycles. The van der Waals surface area contributed by atoms with Crippen LogP contribution in [0.2, 0.25) is 0 Å². The zero-order chi connectivity index (χ0) is 14.5. The Morgan fingerprint density at radius 3 is 2.80 bits per heavy atom. The number of thiocarbonyl (C=S) groups is 1. The summed E-state index contributed by atoms with van der Waals surface area (Å²) in [6.45, 7) is 4.12. The van der Waals surface area contributed by atoms with Gasteiger partial charge in [-0.25, -0.2) is 0 Å². The standard InChI is InChI=1S/C14H18N2O3S/c1-10(14(17)16-5-7-18-8-6-16)19-12-4-2-3-11(9-12)13(15)20/h2-4,9-10H,5-8H2,1H3,(H2,15,20). The van der Waals surface area contributed by atoms with Gasteiger partial charge in [-0.2, -0.15) is 0 Å². The number of nitrogens with zero attached hydrogens (tertiary/aromatic N) is 1. The molecule has 0 saturated carbocycles. The zero-order valence-corrected chi connectivity index (χ0v) is 12.2. The van der Waals surface area contributed by atoms with Gasteiger partial charge in [-0.15, -0.1) is 0 Å².